The molecule has 0 unspecified atom stereocenters. The van der Waals surface area contributed by atoms with Gasteiger partial charge in [0.05, 0.1) is 12.3 Å². The van der Waals surface area contributed by atoms with Gasteiger partial charge < -0.3 is 10.5 Å². The minimum Gasteiger partial charge on any atom is -0.491 e. The minimum absolute atomic E-state index is 0.723. The van der Waals surface area contributed by atoms with Crippen LogP contribution in [0.15, 0.2) is 16.6 Å². The second-order valence-electron chi connectivity index (χ2n) is 3.58. The molecule has 1 aromatic carbocycles. The fourth-order valence-electron chi connectivity index (χ4n) is 1.51. The molecule has 0 aliphatic carbocycles. The van der Waals surface area contributed by atoms with E-state index in [0.717, 1.165) is 41.8 Å². The summed E-state index contributed by atoms with van der Waals surface area (Å²) < 4.78 is 6.70. The molecule has 1 aromatic rings. The molecule has 0 saturated carbocycles. The third-order valence-corrected chi connectivity index (χ3v) is 2.59. The van der Waals surface area contributed by atoms with E-state index in [1.165, 1.54) is 5.56 Å². The molecule has 0 amide bonds. The van der Waals surface area contributed by atoms with E-state index in [9.17, 15) is 0 Å². The van der Waals surface area contributed by atoms with E-state index in [4.69, 9.17) is 10.5 Å². The van der Waals surface area contributed by atoms with Gasteiger partial charge in [-0.05, 0) is 30.5 Å². The third-order valence-electron chi connectivity index (χ3n) is 2.13. The van der Waals surface area contributed by atoms with Crippen LogP contribution in [0.3, 0.4) is 0 Å². The van der Waals surface area contributed by atoms with Crippen LogP contribution in [0.4, 0.5) is 5.69 Å². The fraction of sp³-hybridized carbons (Fsp3) is 0.500. The summed E-state index contributed by atoms with van der Waals surface area (Å²) in [6, 6.07) is 3.98. The predicted octanol–water partition coefficient (Wildman–Crippen LogP) is 3.77. The summed E-state index contributed by atoms with van der Waals surface area (Å²) >= 11 is 3.45. The van der Waals surface area contributed by atoms with Crippen molar-refractivity contribution in [3.63, 3.8) is 0 Å². The van der Waals surface area contributed by atoms with Gasteiger partial charge in [-0.25, -0.2) is 0 Å². The lowest BCUT2D eigenvalue weighted by atomic mass is 10.1. The molecule has 3 heteroatoms. The Hall–Kier alpha value is -0.700. The van der Waals surface area contributed by atoms with E-state index in [1.807, 2.05) is 6.07 Å². The monoisotopic (exact) mass is 271 g/mol. The average molecular weight is 272 g/mol. The van der Waals surface area contributed by atoms with Gasteiger partial charge in [0.15, 0.2) is 0 Å². The van der Waals surface area contributed by atoms with Gasteiger partial charge in [0.2, 0.25) is 0 Å². The molecular weight excluding hydrogens is 254 g/mol. The Kier molecular flexibility index (Phi) is 4.95. The minimum atomic E-state index is 0.723. The molecule has 1 rings (SSSR count). The lowest BCUT2D eigenvalue weighted by Gasteiger charge is -2.13. The lowest BCUT2D eigenvalue weighted by molar-refractivity contribution is 0.315. The van der Waals surface area contributed by atoms with E-state index < -0.39 is 0 Å². The maximum absolute atomic E-state index is 5.94. The van der Waals surface area contributed by atoms with Crippen molar-refractivity contribution in [2.75, 3.05) is 12.3 Å². The van der Waals surface area contributed by atoms with Crippen LogP contribution in [-0.2, 0) is 6.42 Å². The Balaban J connectivity index is 2.97. The zero-order chi connectivity index (χ0) is 11.3. The third kappa shape index (κ3) is 3.42. The van der Waals surface area contributed by atoms with Crippen LogP contribution in [0.1, 0.15) is 32.3 Å². The predicted molar refractivity (Wildman–Crippen MR) is 68.3 cm³/mol. The summed E-state index contributed by atoms with van der Waals surface area (Å²) in [6.07, 6.45) is 3.10. The van der Waals surface area contributed by atoms with Gasteiger partial charge in [-0.2, -0.15) is 0 Å². The molecule has 0 heterocycles. The number of ether oxygens (including phenoxy) is 1. The summed E-state index contributed by atoms with van der Waals surface area (Å²) in [5.74, 6) is 0.863. The van der Waals surface area contributed by atoms with Crippen LogP contribution < -0.4 is 10.5 Å². The second-order valence-corrected chi connectivity index (χ2v) is 4.50. The molecule has 0 bridgehead atoms. The molecule has 84 valence electrons. The number of hydrogen-bond acceptors (Lipinski definition) is 2. The molecule has 0 fully saturated rings. The first kappa shape index (κ1) is 12.4. The van der Waals surface area contributed by atoms with Gasteiger partial charge >= 0.3 is 0 Å². The molecule has 0 radical (unpaired) electrons. The zero-order valence-corrected chi connectivity index (χ0v) is 10.9. The Labute approximate surface area is 99.9 Å². The smallest absolute Gasteiger partial charge is 0.145 e. The van der Waals surface area contributed by atoms with E-state index in [-0.39, 0.29) is 0 Å². The highest BCUT2D eigenvalue weighted by Gasteiger charge is 2.08. The van der Waals surface area contributed by atoms with Crippen molar-refractivity contribution in [1.82, 2.24) is 0 Å². The molecule has 0 atom stereocenters. The molecule has 0 aliphatic heterocycles. The van der Waals surface area contributed by atoms with Crippen LogP contribution >= 0.6 is 15.9 Å². The van der Waals surface area contributed by atoms with Crippen LogP contribution in [0, 0.1) is 0 Å². The molecule has 2 nitrogen and oxygen atoms in total. The first-order valence-corrected chi connectivity index (χ1v) is 6.19. The van der Waals surface area contributed by atoms with Gasteiger partial charge in [0.25, 0.3) is 0 Å². The number of halogens is 1. The highest BCUT2D eigenvalue weighted by molar-refractivity contribution is 9.10. The SMILES string of the molecule is CCCOc1c(N)cc(Br)cc1CCC. The quantitative estimate of drug-likeness (QED) is 0.828. The maximum Gasteiger partial charge on any atom is 0.145 e. The van der Waals surface area contributed by atoms with E-state index in [0.29, 0.717) is 0 Å². The zero-order valence-electron chi connectivity index (χ0n) is 9.35. The maximum atomic E-state index is 5.94. The number of hydrogen-bond donors (Lipinski definition) is 1. The van der Waals surface area contributed by atoms with Crippen molar-refractivity contribution < 1.29 is 4.74 Å². The fourth-order valence-corrected chi connectivity index (χ4v) is 2.03. The molecular formula is C12H18BrNO. The molecule has 0 spiro atoms. The van der Waals surface area contributed by atoms with Crippen molar-refractivity contribution in [2.45, 2.75) is 33.1 Å². The number of nitrogens with two attached hydrogens (primary N) is 1. The van der Waals surface area contributed by atoms with Gasteiger partial charge in [0.1, 0.15) is 5.75 Å². The summed E-state index contributed by atoms with van der Waals surface area (Å²) in [5, 5.41) is 0. The van der Waals surface area contributed by atoms with E-state index >= 15 is 0 Å². The first-order valence-electron chi connectivity index (χ1n) is 5.39. The number of benzene rings is 1. The van der Waals surface area contributed by atoms with Gasteiger partial charge in [-0.15, -0.1) is 0 Å². The number of nitrogen functional groups attached to an aromatic ring is 1. The number of anilines is 1. The first-order chi connectivity index (χ1) is 7.19. The summed E-state index contributed by atoms with van der Waals surface area (Å²) in [5.41, 5.74) is 7.85. The summed E-state index contributed by atoms with van der Waals surface area (Å²) in [7, 11) is 0. The van der Waals surface area contributed by atoms with Crippen molar-refractivity contribution in [3.05, 3.63) is 22.2 Å². The van der Waals surface area contributed by atoms with Gasteiger partial charge in [-0.3, -0.25) is 0 Å². The van der Waals surface area contributed by atoms with Crippen molar-refractivity contribution in [1.29, 1.82) is 0 Å². The Morgan fingerprint density at radius 1 is 1.27 bits per heavy atom. The molecule has 0 saturated heterocycles. The Morgan fingerprint density at radius 3 is 2.60 bits per heavy atom. The topological polar surface area (TPSA) is 35.2 Å². The normalized spacial score (nSPS) is 10.3. The van der Waals surface area contributed by atoms with Crippen LogP contribution in [0.5, 0.6) is 5.75 Å². The summed E-state index contributed by atoms with van der Waals surface area (Å²) in [4.78, 5) is 0. The molecule has 0 aliphatic rings. The van der Waals surface area contributed by atoms with E-state index in [1.54, 1.807) is 0 Å². The van der Waals surface area contributed by atoms with Crippen LogP contribution in [-0.4, -0.2) is 6.61 Å². The van der Waals surface area contributed by atoms with Gasteiger partial charge in [0, 0.05) is 4.47 Å². The number of aryl methyl sites for hydroxylation is 1. The van der Waals surface area contributed by atoms with Gasteiger partial charge in [-0.1, -0.05) is 36.2 Å². The molecule has 15 heavy (non-hydrogen) atoms. The highest BCUT2D eigenvalue weighted by atomic mass is 79.9. The van der Waals surface area contributed by atoms with E-state index in [2.05, 4.69) is 35.8 Å². The lowest BCUT2D eigenvalue weighted by Crippen LogP contribution is -2.02. The average Bonchev–Trinajstić information content (AvgIpc) is 2.17. The van der Waals surface area contributed by atoms with Crippen molar-refractivity contribution in [2.24, 2.45) is 0 Å². The summed E-state index contributed by atoms with van der Waals surface area (Å²) in [6.45, 7) is 4.97. The van der Waals surface area contributed by atoms with Crippen LogP contribution in [0.2, 0.25) is 0 Å². The second kappa shape index (κ2) is 6.01. The molecule has 2 N–H and O–H groups in total. The highest BCUT2D eigenvalue weighted by Crippen LogP contribution is 2.31. The standard InChI is InChI=1S/C12H18BrNO/c1-3-5-9-7-10(13)8-11(14)12(9)15-6-4-2/h7-8H,3-6,14H2,1-2H3. The molecule has 0 aromatic heterocycles. The number of rotatable bonds is 5. The largest absolute Gasteiger partial charge is 0.491 e. The van der Waals surface area contributed by atoms with Crippen molar-refractivity contribution in [3.8, 4) is 5.75 Å². The van der Waals surface area contributed by atoms with Crippen LogP contribution in [0.25, 0.3) is 0 Å². The Bertz CT molecular complexity index is 326. The Morgan fingerprint density at radius 2 is 2.00 bits per heavy atom. The van der Waals surface area contributed by atoms with Crippen molar-refractivity contribution >= 4 is 21.6 Å².